The maximum absolute atomic E-state index is 13.0. The van der Waals surface area contributed by atoms with Crippen LogP contribution in [0.15, 0.2) is 71.2 Å². The molecule has 0 bridgehead atoms. The molecule has 35 heavy (non-hydrogen) atoms. The third-order valence-electron chi connectivity index (χ3n) is 6.16. The normalized spacial score (nSPS) is 16.5. The molecule has 1 atom stereocenters. The van der Waals surface area contributed by atoms with Gasteiger partial charge in [0, 0.05) is 27.4 Å². The van der Waals surface area contributed by atoms with Crippen LogP contribution in [0, 0.1) is 0 Å². The number of carbonyl (C=O) groups is 3. The second kappa shape index (κ2) is 9.75. The van der Waals surface area contributed by atoms with E-state index < -0.39 is 24.0 Å². The zero-order chi connectivity index (χ0) is 24.5. The lowest BCUT2D eigenvalue weighted by Gasteiger charge is -2.21. The van der Waals surface area contributed by atoms with Crippen molar-refractivity contribution in [3.8, 4) is 11.1 Å². The number of ether oxygens (including phenoxy) is 1. The van der Waals surface area contributed by atoms with E-state index in [9.17, 15) is 19.5 Å². The molecule has 7 nitrogen and oxygen atoms in total. The average molecular weight is 553 g/mol. The molecule has 1 fully saturated rings. The summed E-state index contributed by atoms with van der Waals surface area (Å²) in [4.78, 5) is 38.4. The van der Waals surface area contributed by atoms with Gasteiger partial charge < -0.3 is 14.7 Å². The topological polar surface area (TPSA) is 95.9 Å². The maximum Gasteiger partial charge on any atom is 0.411 e. The van der Waals surface area contributed by atoms with Crippen molar-refractivity contribution < 1.29 is 24.2 Å². The lowest BCUT2D eigenvalue weighted by molar-refractivity contribution is -0.140. The summed E-state index contributed by atoms with van der Waals surface area (Å²) < 4.78 is 6.17. The van der Waals surface area contributed by atoms with Crippen molar-refractivity contribution in [1.29, 1.82) is 0 Å². The van der Waals surface area contributed by atoms with Gasteiger partial charge in [0.2, 0.25) is 0 Å². The Morgan fingerprint density at radius 2 is 1.69 bits per heavy atom. The largest absolute Gasteiger partial charge is 0.480 e. The molecule has 0 saturated carbocycles. The molecule has 9 heteroatoms. The van der Waals surface area contributed by atoms with Gasteiger partial charge in [-0.05, 0) is 40.5 Å². The van der Waals surface area contributed by atoms with Gasteiger partial charge >= 0.3 is 12.1 Å². The Kier molecular flexibility index (Phi) is 6.53. The fraction of sp³-hybridized carbons (Fsp3) is 0.192. The van der Waals surface area contributed by atoms with E-state index in [0.29, 0.717) is 21.8 Å². The van der Waals surface area contributed by atoms with E-state index in [2.05, 4.69) is 45.5 Å². The van der Waals surface area contributed by atoms with E-state index in [1.54, 1.807) is 12.1 Å². The highest BCUT2D eigenvalue weighted by Gasteiger charge is 2.35. The van der Waals surface area contributed by atoms with Gasteiger partial charge in [0.25, 0.3) is 5.91 Å². The number of fused-ring (bicyclic) bond motifs is 3. The molecule has 1 aliphatic carbocycles. The lowest BCUT2D eigenvalue weighted by atomic mass is 9.98. The molecular weight excluding hydrogens is 532 g/mol. The molecule has 1 heterocycles. The van der Waals surface area contributed by atoms with E-state index in [1.165, 1.54) is 22.7 Å². The Morgan fingerprint density at radius 3 is 2.34 bits per heavy atom. The van der Waals surface area contributed by atoms with Gasteiger partial charge in [-0.25, -0.2) is 9.59 Å². The number of nitrogens with zero attached hydrogens (tertiary/aromatic N) is 1. The SMILES string of the molecule is O=C(Nc1cc(Br)cc(C(=O)N2CSC[C@H]2C(=O)O)c1)OCC1c2ccccc2-c2ccccc21. The number of carboxylic acids is 1. The summed E-state index contributed by atoms with van der Waals surface area (Å²) in [5, 5.41) is 12.1. The predicted molar refractivity (Wildman–Crippen MR) is 138 cm³/mol. The first-order valence-corrected chi connectivity index (χ1v) is 12.9. The second-order valence-corrected chi connectivity index (χ2v) is 10.2. The van der Waals surface area contributed by atoms with Gasteiger partial charge in [0.15, 0.2) is 0 Å². The number of carbonyl (C=O) groups excluding carboxylic acids is 2. The number of anilines is 1. The average Bonchev–Trinajstić information content (AvgIpc) is 3.45. The van der Waals surface area contributed by atoms with Crippen molar-refractivity contribution in [2.45, 2.75) is 12.0 Å². The van der Waals surface area contributed by atoms with Crippen LogP contribution in [0.4, 0.5) is 10.5 Å². The Bertz CT molecular complexity index is 1290. The lowest BCUT2D eigenvalue weighted by Crippen LogP contribution is -2.41. The Morgan fingerprint density at radius 1 is 1.03 bits per heavy atom. The van der Waals surface area contributed by atoms with E-state index in [4.69, 9.17) is 4.74 Å². The highest BCUT2D eigenvalue weighted by atomic mass is 79.9. The number of amides is 2. The molecule has 3 aromatic rings. The number of halogens is 1. The van der Waals surface area contributed by atoms with Gasteiger partial charge in [-0.1, -0.05) is 64.5 Å². The molecule has 5 rings (SSSR count). The van der Waals surface area contributed by atoms with Gasteiger partial charge in [0.1, 0.15) is 12.6 Å². The van der Waals surface area contributed by atoms with E-state index in [0.717, 1.165) is 22.3 Å². The Hall–Kier alpha value is -3.30. The van der Waals surface area contributed by atoms with Gasteiger partial charge in [-0.15, -0.1) is 11.8 Å². The molecule has 2 N–H and O–H groups in total. The monoisotopic (exact) mass is 552 g/mol. The first kappa shape index (κ1) is 23.4. The van der Waals surface area contributed by atoms with Gasteiger partial charge in [0.05, 0.1) is 5.88 Å². The van der Waals surface area contributed by atoms with E-state index in [1.807, 2.05) is 24.3 Å². The number of thioether (sulfide) groups is 1. The number of hydrogen-bond acceptors (Lipinski definition) is 5. The zero-order valence-corrected chi connectivity index (χ0v) is 20.8. The fourth-order valence-electron chi connectivity index (χ4n) is 4.55. The molecule has 0 spiro atoms. The van der Waals surface area contributed by atoms with Crippen LogP contribution in [0.5, 0.6) is 0 Å². The first-order chi connectivity index (χ1) is 16.9. The van der Waals surface area contributed by atoms with Crippen LogP contribution < -0.4 is 5.32 Å². The minimum Gasteiger partial charge on any atom is -0.480 e. The van der Waals surface area contributed by atoms with Crippen molar-refractivity contribution in [2.75, 3.05) is 23.6 Å². The molecule has 1 aliphatic heterocycles. The van der Waals surface area contributed by atoms with Crippen LogP contribution in [0.2, 0.25) is 0 Å². The minimum atomic E-state index is -1.03. The molecule has 0 unspecified atom stereocenters. The Labute approximate surface area is 214 Å². The summed E-state index contributed by atoms with van der Waals surface area (Å²) >= 11 is 4.76. The number of nitrogens with one attached hydrogen (secondary N) is 1. The first-order valence-electron chi connectivity index (χ1n) is 11.0. The summed E-state index contributed by atoms with van der Waals surface area (Å²) in [6.45, 7) is 0.172. The number of rotatable bonds is 5. The second-order valence-electron chi connectivity index (χ2n) is 8.31. The van der Waals surface area contributed by atoms with Crippen LogP contribution in [0.1, 0.15) is 27.4 Å². The molecule has 2 amide bonds. The molecule has 3 aromatic carbocycles. The van der Waals surface area contributed by atoms with Crippen molar-refractivity contribution in [3.05, 3.63) is 87.9 Å². The molecular formula is C26H21BrN2O5S. The smallest absolute Gasteiger partial charge is 0.411 e. The summed E-state index contributed by atoms with van der Waals surface area (Å²) in [5.41, 5.74) is 5.18. The van der Waals surface area contributed by atoms with Gasteiger partial charge in [-0.2, -0.15) is 0 Å². The quantitative estimate of drug-likeness (QED) is 0.439. The number of benzene rings is 3. The number of aliphatic carboxylic acids is 1. The number of carboxylic acid groups (broad SMARTS) is 1. The van der Waals surface area contributed by atoms with E-state index >= 15 is 0 Å². The Balaban J connectivity index is 1.28. The summed E-state index contributed by atoms with van der Waals surface area (Å²) in [7, 11) is 0. The number of hydrogen-bond donors (Lipinski definition) is 2. The molecule has 2 aliphatic rings. The van der Waals surface area contributed by atoms with Crippen molar-refractivity contribution in [3.63, 3.8) is 0 Å². The highest BCUT2D eigenvalue weighted by Crippen LogP contribution is 2.44. The summed E-state index contributed by atoms with van der Waals surface area (Å²) in [6.07, 6.45) is -0.636. The minimum absolute atomic E-state index is 0.0617. The van der Waals surface area contributed by atoms with Crippen LogP contribution >= 0.6 is 27.7 Å². The zero-order valence-electron chi connectivity index (χ0n) is 18.4. The van der Waals surface area contributed by atoms with E-state index in [-0.39, 0.29) is 18.1 Å². The van der Waals surface area contributed by atoms with Crippen LogP contribution in [0.25, 0.3) is 11.1 Å². The maximum atomic E-state index is 13.0. The highest BCUT2D eigenvalue weighted by molar-refractivity contribution is 9.10. The summed E-state index contributed by atoms with van der Waals surface area (Å²) in [6, 6.07) is 20.1. The predicted octanol–water partition coefficient (Wildman–Crippen LogP) is 5.41. The van der Waals surface area contributed by atoms with Crippen molar-refractivity contribution >= 4 is 51.3 Å². The van der Waals surface area contributed by atoms with Crippen LogP contribution in [-0.4, -0.2) is 52.3 Å². The summed E-state index contributed by atoms with van der Waals surface area (Å²) in [5.74, 6) is -0.847. The van der Waals surface area contributed by atoms with Crippen molar-refractivity contribution in [2.24, 2.45) is 0 Å². The molecule has 178 valence electrons. The standard InChI is InChI=1S/C26H21BrN2O5S/c27-16-9-15(24(30)29-14-35-13-23(29)25(31)32)10-17(11-16)28-26(33)34-12-22-20-7-3-1-5-18(20)19-6-2-4-8-21(19)22/h1-11,22-23H,12-14H2,(H,28,33)(H,31,32)/t23-/m0/s1. The van der Waals surface area contributed by atoms with Gasteiger partial charge in [-0.3, -0.25) is 10.1 Å². The fourth-order valence-corrected chi connectivity index (χ4v) is 6.19. The van der Waals surface area contributed by atoms with Crippen LogP contribution in [-0.2, 0) is 9.53 Å². The molecule has 0 radical (unpaired) electrons. The molecule has 0 aromatic heterocycles. The molecule has 1 saturated heterocycles. The third-order valence-corrected chi connectivity index (χ3v) is 7.63. The van der Waals surface area contributed by atoms with Crippen LogP contribution in [0.3, 0.4) is 0 Å². The third kappa shape index (κ3) is 4.66. The van der Waals surface area contributed by atoms with Crippen molar-refractivity contribution in [1.82, 2.24) is 4.90 Å².